The highest BCUT2D eigenvalue weighted by atomic mass is 19.1. The third kappa shape index (κ3) is 4.86. The van der Waals surface area contributed by atoms with Crippen molar-refractivity contribution >= 4 is 17.4 Å². The van der Waals surface area contributed by atoms with Crippen LogP contribution in [0.5, 0.6) is 0 Å². The number of benzene rings is 2. The van der Waals surface area contributed by atoms with Gasteiger partial charge in [-0.15, -0.1) is 0 Å². The van der Waals surface area contributed by atoms with E-state index in [1.54, 1.807) is 36.4 Å². The van der Waals surface area contributed by atoms with Gasteiger partial charge in [-0.3, -0.25) is 4.79 Å². The molecule has 132 valence electrons. The minimum atomic E-state index is -0.357. The number of amides is 1. The van der Waals surface area contributed by atoms with E-state index in [1.165, 1.54) is 30.5 Å². The standard InChI is InChI=1S/C20H17F2N3O/c21-16-6-4-14(5-7-16)8-10-24-20(26)15-9-11-23-19(12-15)25-18-3-1-2-17(22)13-18/h1-7,9,11-13H,8,10H2,(H,23,25)(H,24,26). The van der Waals surface area contributed by atoms with E-state index in [4.69, 9.17) is 0 Å². The molecule has 3 aromatic rings. The molecule has 6 heteroatoms. The van der Waals surface area contributed by atoms with Crippen LogP contribution in [0, 0.1) is 11.6 Å². The molecule has 3 rings (SSSR count). The molecule has 0 fully saturated rings. The van der Waals surface area contributed by atoms with Crippen molar-refractivity contribution in [2.45, 2.75) is 6.42 Å². The van der Waals surface area contributed by atoms with E-state index in [0.717, 1.165) is 5.56 Å². The zero-order valence-electron chi connectivity index (χ0n) is 13.9. The van der Waals surface area contributed by atoms with Crippen LogP contribution in [0.25, 0.3) is 0 Å². The highest BCUT2D eigenvalue weighted by molar-refractivity contribution is 5.94. The second-order valence-electron chi connectivity index (χ2n) is 5.70. The van der Waals surface area contributed by atoms with E-state index >= 15 is 0 Å². The van der Waals surface area contributed by atoms with Gasteiger partial charge in [0.15, 0.2) is 0 Å². The number of hydrogen-bond donors (Lipinski definition) is 2. The Kier molecular flexibility index (Phi) is 5.53. The van der Waals surface area contributed by atoms with Crippen LogP contribution in [0.4, 0.5) is 20.3 Å². The van der Waals surface area contributed by atoms with Gasteiger partial charge in [-0.1, -0.05) is 18.2 Å². The molecule has 1 aromatic heterocycles. The van der Waals surface area contributed by atoms with E-state index in [9.17, 15) is 13.6 Å². The number of nitrogens with one attached hydrogen (secondary N) is 2. The highest BCUT2D eigenvalue weighted by Crippen LogP contribution is 2.16. The zero-order valence-corrected chi connectivity index (χ0v) is 13.9. The third-order valence-electron chi connectivity index (χ3n) is 3.73. The quantitative estimate of drug-likeness (QED) is 0.702. The van der Waals surface area contributed by atoms with Gasteiger partial charge in [0.2, 0.25) is 0 Å². The van der Waals surface area contributed by atoms with Gasteiger partial charge >= 0.3 is 0 Å². The molecule has 0 spiro atoms. The molecule has 0 aliphatic carbocycles. The van der Waals surface area contributed by atoms with Crippen molar-refractivity contribution < 1.29 is 13.6 Å². The van der Waals surface area contributed by atoms with E-state index in [2.05, 4.69) is 15.6 Å². The van der Waals surface area contributed by atoms with E-state index in [0.29, 0.717) is 30.0 Å². The molecule has 0 unspecified atom stereocenters. The maximum Gasteiger partial charge on any atom is 0.251 e. The number of nitrogens with zero attached hydrogens (tertiary/aromatic N) is 1. The Bertz CT molecular complexity index is 898. The van der Waals surface area contributed by atoms with Crippen LogP contribution < -0.4 is 10.6 Å². The molecule has 0 radical (unpaired) electrons. The van der Waals surface area contributed by atoms with Gasteiger partial charge in [0, 0.05) is 24.0 Å². The number of carbonyl (C=O) groups excluding carboxylic acids is 1. The molecule has 2 aromatic carbocycles. The molecule has 1 heterocycles. The number of pyridine rings is 1. The Morgan fingerprint density at radius 1 is 0.962 bits per heavy atom. The topological polar surface area (TPSA) is 54.0 Å². The number of carbonyl (C=O) groups is 1. The molecule has 1 amide bonds. The van der Waals surface area contributed by atoms with E-state index < -0.39 is 0 Å². The molecule has 0 bridgehead atoms. The predicted molar refractivity (Wildman–Crippen MR) is 96.4 cm³/mol. The van der Waals surface area contributed by atoms with Gasteiger partial charge < -0.3 is 10.6 Å². The molecular weight excluding hydrogens is 336 g/mol. The van der Waals surface area contributed by atoms with Crippen molar-refractivity contribution in [1.29, 1.82) is 0 Å². The van der Waals surface area contributed by atoms with Gasteiger partial charge in [-0.05, 0) is 54.4 Å². The fourth-order valence-corrected chi connectivity index (χ4v) is 2.43. The summed E-state index contributed by atoms with van der Waals surface area (Å²) >= 11 is 0. The first-order valence-electron chi connectivity index (χ1n) is 8.11. The van der Waals surface area contributed by atoms with Gasteiger partial charge in [-0.25, -0.2) is 13.8 Å². The van der Waals surface area contributed by atoms with Crippen molar-refractivity contribution in [3.05, 3.63) is 89.6 Å². The van der Waals surface area contributed by atoms with Crippen LogP contribution >= 0.6 is 0 Å². The number of rotatable bonds is 6. The Morgan fingerprint density at radius 3 is 2.54 bits per heavy atom. The van der Waals surface area contributed by atoms with Crippen LogP contribution in [0.15, 0.2) is 66.9 Å². The summed E-state index contributed by atoms with van der Waals surface area (Å²) in [7, 11) is 0. The molecule has 26 heavy (non-hydrogen) atoms. The zero-order chi connectivity index (χ0) is 18.4. The molecule has 0 atom stereocenters. The van der Waals surface area contributed by atoms with Crippen LogP contribution in [0.2, 0.25) is 0 Å². The van der Waals surface area contributed by atoms with Crippen molar-refractivity contribution in [1.82, 2.24) is 10.3 Å². The fraction of sp³-hybridized carbons (Fsp3) is 0.100. The van der Waals surface area contributed by atoms with Crippen LogP contribution in [-0.4, -0.2) is 17.4 Å². The second kappa shape index (κ2) is 8.20. The second-order valence-corrected chi connectivity index (χ2v) is 5.70. The highest BCUT2D eigenvalue weighted by Gasteiger charge is 2.07. The Morgan fingerprint density at radius 2 is 1.77 bits per heavy atom. The SMILES string of the molecule is O=C(NCCc1ccc(F)cc1)c1ccnc(Nc2cccc(F)c2)c1. The normalized spacial score (nSPS) is 10.4. The Labute approximate surface area is 149 Å². The first kappa shape index (κ1) is 17.5. The van der Waals surface area contributed by atoms with Crippen molar-refractivity contribution in [3.8, 4) is 0 Å². The maximum atomic E-state index is 13.2. The van der Waals surface area contributed by atoms with Gasteiger partial charge in [-0.2, -0.15) is 0 Å². The van der Waals surface area contributed by atoms with Crippen molar-refractivity contribution in [2.75, 3.05) is 11.9 Å². The molecule has 0 aliphatic rings. The summed E-state index contributed by atoms with van der Waals surface area (Å²) in [5.74, 6) is -0.434. The van der Waals surface area contributed by atoms with E-state index in [-0.39, 0.29) is 17.5 Å². The molecule has 4 nitrogen and oxygen atoms in total. The van der Waals surface area contributed by atoms with Crippen molar-refractivity contribution in [3.63, 3.8) is 0 Å². The predicted octanol–water partition coefficient (Wildman–Crippen LogP) is 4.08. The lowest BCUT2D eigenvalue weighted by molar-refractivity contribution is 0.0954. The van der Waals surface area contributed by atoms with E-state index in [1.807, 2.05) is 0 Å². The lowest BCUT2D eigenvalue weighted by atomic mass is 10.1. The van der Waals surface area contributed by atoms with Crippen LogP contribution in [0.1, 0.15) is 15.9 Å². The summed E-state index contributed by atoms with van der Waals surface area (Å²) in [5, 5.41) is 5.77. The smallest absolute Gasteiger partial charge is 0.251 e. The summed E-state index contributed by atoms with van der Waals surface area (Å²) in [6.45, 7) is 0.430. The van der Waals surface area contributed by atoms with Gasteiger partial charge in [0.05, 0.1) is 0 Å². The minimum absolute atomic E-state index is 0.239. The first-order chi connectivity index (χ1) is 12.6. The number of aromatic nitrogens is 1. The summed E-state index contributed by atoms with van der Waals surface area (Å²) in [4.78, 5) is 16.4. The monoisotopic (exact) mass is 353 g/mol. The Balaban J connectivity index is 1.58. The fourth-order valence-electron chi connectivity index (χ4n) is 2.43. The lowest BCUT2D eigenvalue weighted by Crippen LogP contribution is -2.25. The molecule has 0 aliphatic heterocycles. The first-order valence-corrected chi connectivity index (χ1v) is 8.11. The van der Waals surface area contributed by atoms with Crippen LogP contribution in [0.3, 0.4) is 0 Å². The molecule has 2 N–H and O–H groups in total. The summed E-state index contributed by atoms with van der Waals surface area (Å²) < 4.78 is 26.1. The summed E-state index contributed by atoms with van der Waals surface area (Å²) in [5.41, 5.74) is 1.93. The largest absolute Gasteiger partial charge is 0.352 e. The molecule has 0 saturated heterocycles. The van der Waals surface area contributed by atoms with Crippen molar-refractivity contribution in [2.24, 2.45) is 0 Å². The maximum absolute atomic E-state index is 13.2. The lowest BCUT2D eigenvalue weighted by Gasteiger charge is -2.08. The van der Waals surface area contributed by atoms with Gasteiger partial charge in [0.25, 0.3) is 5.91 Å². The van der Waals surface area contributed by atoms with Crippen LogP contribution in [-0.2, 0) is 6.42 Å². The minimum Gasteiger partial charge on any atom is -0.352 e. The third-order valence-corrected chi connectivity index (χ3v) is 3.73. The number of hydrogen-bond acceptors (Lipinski definition) is 3. The number of halogens is 2. The molecular formula is C20H17F2N3O. The van der Waals surface area contributed by atoms with Gasteiger partial charge in [0.1, 0.15) is 17.5 Å². The number of anilines is 2. The summed E-state index contributed by atoms with van der Waals surface area (Å²) in [6.07, 6.45) is 2.11. The molecule has 0 saturated carbocycles. The Hall–Kier alpha value is -3.28. The summed E-state index contributed by atoms with van der Waals surface area (Å²) in [6, 6.07) is 15.4. The average Bonchev–Trinajstić information content (AvgIpc) is 2.63. The average molecular weight is 353 g/mol.